The number of ether oxygens (including phenoxy) is 2. The number of primary sulfonamides is 2. The van der Waals surface area contributed by atoms with Gasteiger partial charge in [-0.15, -0.1) is 5.10 Å². The van der Waals surface area contributed by atoms with Gasteiger partial charge >= 0.3 is 5.82 Å². The van der Waals surface area contributed by atoms with Crippen molar-refractivity contribution in [2.24, 2.45) is 10.3 Å². The van der Waals surface area contributed by atoms with Gasteiger partial charge in [-0.25, -0.2) is 31.8 Å². The van der Waals surface area contributed by atoms with Crippen molar-refractivity contribution in [2.45, 2.75) is 22.9 Å². The van der Waals surface area contributed by atoms with Crippen LogP contribution < -0.4 is 24.5 Å². The molecule has 0 amide bonds. The van der Waals surface area contributed by atoms with Gasteiger partial charge in [-0.3, -0.25) is 0 Å². The second-order valence-corrected chi connectivity index (χ2v) is 17.6. The molecule has 2 aromatic heterocycles. The van der Waals surface area contributed by atoms with Crippen LogP contribution in [0.3, 0.4) is 0 Å². The average Bonchev–Trinajstić information content (AvgIpc) is 3.76. The summed E-state index contributed by atoms with van der Waals surface area (Å²) in [6.07, 6.45) is 0. The number of halogens is 4. The molecule has 16 nitrogen and oxygen atoms in total. The maximum atomic E-state index is 12.1. The Morgan fingerprint density at radius 3 is 1.79 bits per heavy atom. The summed E-state index contributed by atoms with van der Waals surface area (Å²) in [7, 11) is -4.75. The molecule has 2 heterocycles. The number of rotatable bonds is 10. The number of sulfonamides is 2. The number of benzene rings is 4. The predicted molar refractivity (Wildman–Crippen MR) is 213 cm³/mol. The summed E-state index contributed by atoms with van der Waals surface area (Å²) in [5.41, 5.74) is 2.63. The minimum Gasteiger partial charge on any atom is -0.497 e. The van der Waals surface area contributed by atoms with Crippen LogP contribution >= 0.6 is 77.0 Å². The van der Waals surface area contributed by atoms with Gasteiger partial charge in [0.1, 0.15) is 21.3 Å². The van der Waals surface area contributed by atoms with Crippen LogP contribution in [0.15, 0.2) is 91.5 Å². The Hall–Kier alpha value is -3.14. The lowest BCUT2D eigenvalue weighted by Crippen LogP contribution is -2.39. The first-order chi connectivity index (χ1) is 24.6. The molecule has 0 spiro atoms. The molecule has 4 aromatic carbocycles. The van der Waals surface area contributed by atoms with Gasteiger partial charge in [0.15, 0.2) is 12.4 Å². The number of nitrogens with zero attached hydrogens (tertiary/aromatic N) is 7. The van der Waals surface area contributed by atoms with E-state index in [1.165, 1.54) is 9.48 Å². The Bertz CT molecular complexity index is 2450. The van der Waals surface area contributed by atoms with E-state index in [9.17, 15) is 16.8 Å². The van der Waals surface area contributed by atoms with Crippen LogP contribution in [0.1, 0.15) is 11.1 Å². The molecule has 0 saturated carbocycles. The second kappa shape index (κ2) is 16.9. The minimum absolute atomic E-state index is 0.0417. The van der Waals surface area contributed by atoms with Crippen molar-refractivity contribution in [3.63, 3.8) is 0 Å². The molecular weight excluding hydrogens is 1070 g/mol. The van der Waals surface area contributed by atoms with Crippen molar-refractivity contribution in [2.75, 3.05) is 14.2 Å². The van der Waals surface area contributed by atoms with Crippen LogP contribution in [-0.2, 0) is 33.1 Å². The zero-order chi connectivity index (χ0) is 37.8. The molecule has 0 saturated heterocycles. The first-order valence-corrected chi connectivity index (χ1v) is 21.3. The number of nitrogens with one attached hydrogen (secondary N) is 1. The first-order valence-electron chi connectivity index (χ1n) is 14.5. The highest BCUT2D eigenvalue weighted by atomic mass is 127. The third-order valence-electron chi connectivity index (χ3n) is 7.14. The van der Waals surface area contributed by atoms with Gasteiger partial charge in [0.05, 0.1) is 37.0 Å². The van der Waals surface area contributed by atoms with Gasteiger partial charge in [-0.2, -0.15) is 0 Å². The van der Waals surface area contributed by atoms with E-state index in [0.29, 0.717) is 46.1 Å². The molecule has 0 radical (unpaired) electrons. The Morgan fingerprint density at radius 1 is 0.769 bits per heavy atom. The summed E-state index contributed by atoms with van der Waals surface area (Å²) in [4.78, 5) is 1.43. The monoisotopic (exact) mass is 1100 g/mol. The molecular formula is C30H27Br2I2N10O6S2+. The van der Waals surface area contributed by atoms with E-state index in [-0.39, 0.29) is 15.6 Å². The zero-order valence-corrected chi connectivity index (χ0v) is 36.0. The molecule has 6 aromatic rings. The highest BCUT2D eigenvalue weighted by molar-refractivity contribution is 14.1. The molecule has 0 aliphatic carbocycles. The predicted octanol–water partition coefficient (Wildman–Crippen LogP) is 4.24. The van der Waals surface area contributed by atoms with E-state index in [1.807, 2.05) is 93.7 Å². The highest BCUT2D eigenvalue weighted by Gasteiger charge is 2.29. The number of hydrogen-bond donors (Lipinski definition) is 3. The molecule has 22 heteroatoms. The molecule has 0 atom stereocenters. The van der Waals surface area contributed by atoms with Crippen LogP contribution in [0.4, 0.5) is 0 Å². The Kier molecular flexibility index (Phi) is 13.0. The largest absolute Gasteiger partial charge is 0.497 e. The summed E-state index contributed by atoms with van der Waals surface area (Å²) in [6, 6.07) is 21.7. The van der Waals surface area contributed by atoms with Crippen molar-refractivity contribution in [1.29, 1.82) is 0 Å². The second-order valence-electron chi connectivity index (χ2n) is 10.6. The smallest absolute Gasteiger partial charge is 0.341 e. The van der Waals surface area contributed by atoms with Crippen LogP contribution in [0.25, 0.3) is 22.8 Å². The van der Waals surface area contributed by atoms with E-state index in [4.69, 9.17) is 19.8 Å². The average molecular weight is 1100 g/mol. The summed E-state index contributed by atoms with van der Waals surface area (Å²) in [6.45, 7) is 0.797. The van der Waals surface area contributed by atoms with Crippen LogP contribution in [0.5, 0.6) is 11.5 Å². The highest BCUT2D eigenvalue weighted by Crippen LogP contribution is 2.36. The van der Waals surface area contributed by atoms with E-state index in [1.54, 1.807) is 38.5 Å². The molecule has 0 bridgehead atoms. The maximum absolute atomic E-state index is 12.1. The van der Waals surface area contributed by atoms with E-state index in [0.717, 1.165) is 22.6 Å². The lowest BCUT2D eigenvalue weighted by Gasteiger charge is -2.12. The number of tetrazole rings is 2. The fourth-order valence-corrected chi connectivity index (χ4v) is 10.2. The normalized spacial score (nSPS) is 11.5. The van der Waals surface area contributed by atoms with Crippen LogP contribution in [0.2, 0.25) is 0 Å². The van der Waals surface area contributed by atoms with E-state index >= 15 is 0 Å². The lowest BCUT2D eigenvalue weighted by atomic mass is 10.2. The van der Waals surface area contributed by atoms with Gasteiger partial charge in [-0.05, 0) is 157 Å². The molecule has 52 heavy (non-hydrogen) atoms. The third-order valence-corrected chi connectivity index (χ3v) is 12.8. The van der Waals surface area contributed by atoms with Crippen LogP contribution in [-0.4, -0.2) is 66.7 Å². The minimum atomic E-state index is -3.99. The zero-order valence-electron chi connectivity index (χ0n) is 26.9. The van der Waals surface area contributed by atoms with Gasteiger partial charge in [0.25, 0.3) is 0 Å². The molecule has 5 N–H and O–H groups in total. The fourth-order valence-electron chi connectivity index (χ4n) is 4.78. The van der Waals surface area contributed by atoms with Crippen molar-refractivity contribution < 1.29 is 31.1 Å². The molecule has 6 rings (SSSR count). The summed E-state index contributed by atoms with van der Waals surface area (Å²) < 4.78 is 62.1. The Balaban J connectivity index is 0.000000201. The first kappa shape index (κ1) is 40.1. The number of aromatic amines is 1. The topological polar surface area (TPSA) is 228 Å². The van der Waals surface area contributed by atoms with E-state index in [2.05, 4.69) is 62.8 Å². The number of nitrogens with two attached hydrogens (primary N) is 2. The lowest BCUT2D eigenvalue weighted by molar-refractivity contribution is -0.797. The van der Waals surface area contributed by atoms with Gasteiger partial charge in [0, 0.05) is 16.1 Å². The van der Waals surface area contributed by atoms with Gasteiger partial charge in [-0.1, -0.05) is 29.1 Å². The molecule has 0 fully saturated rings. The number of H-pyrrole nitrogens is 1. The number of aromatic nitrogens is 8. The standard InChI is InChI=1S/2C15H13BrIN5O3S/c1-25-10-4-2-9(3-5-10)8-22-15(19-20-21-22)13-12(17)7-6-11(16)14(13)26(18,23)24;1-25-10-4-2-9(3-5-10)8-22-20-15(19-21-22)13-12(17)7-6-11(16)14(13)26(18,23)24/h2*2-7H,8H2,1H3,(H2,18,23,24)/p+1. The van der Waals surface area contributed by atoms with Crippen LogP contribution in [0, 0.1) is 7.14 Å². The molecule has 0 unspecified atom stereocenters. The summed E-state index contributed by atoms with van der Waals surface area (Å²) in [5.74, 6) is 2.06. The van der Waals surface area contributed by atoms with Gasteiger partial charge < -0.3 is 9.47 Å². The quantitative estimate of drug-likeness (QED) is 0.130. The SMILES string of the molecule is COc1ccc(C[n+]2nc(-c3c(I)ccc(Br)c3S(N)(=O)=O)n[nH]2)cc1.COc1ccc(Cn2nnnc2-c2c(I)ccc(Br)c2S(N)(=O)=O)cc1. The van der Waals surface area contributed by atoms with Crippen molar-refractivity contribution in [3.8, 4) is 34.3 Å². The summed E-state index contributed by atoms with van der Waals surface area (Å²) >= 11 is 10.6. The van der Waals surface area contributed by atoms with E-state index < -0.39 is 20.0 Å². The Labute approximate surface area is 342 Å². The van der Waals surface area contributed by atoms with Crippen molar-refractivity contribution in [1.82, 2.24) is 35.6 Å². The molecule has 272 valence electrons. The number of methoxy groups -OCH3 is 2. The van der Waals surface area contributed by atoms with Gasteiger partial charge in [0.2, 0.25) is 20.0 Å². The van der Waals surface area contributed by atoms with Crippen molar-refractivity contribution >= 4 is 97.1 Å². The third kappa shape index (κ3) is 9.50. The maximum Gasteiger partial charge on any atom is 0.341 e. The molecule has 0 aliphatic rings. The fraction of sp³-hybridized carbons (Fsp3) is 0.133. The van der Waals surface area contributed by atoms with Crippen molar-refractivity contribution in [3.05, 3.63) is 100 Å². The number of hydrogen-bond acceptors (Lipinski definition) is 11. The molecule has 0 aliphatic heterocycles. The Morgan fingerprint density at radius 2 is 1.27 bits per heavy atom. The summed E-state index contributed by atoms with van der Waals surface area (Å²) in [5, 5.41) is 33.8.